The zero-order valence-electron chi connectivity index (χ0n) is 13.1. The maximum absolute atomic E-state index is 5.54. The Kier molecular flexibility index (Phi) is 5.65. The minimum Gasteiger partial charge on any atom is -0.497 e. The fraction of sp³-hybridized carbons (Fsp3) is 0.412. The molecule has 0 aliphatic carbocycles. The van der Waals surface area contributed by atoms with E-state index in [1.165, 1.54) is 9.75 Å². The summed E-state index contributed by atoms with van der Waals surface area (Å²) in [5.74, 6) is 1.73. The minimum absolute atomic E-state index is 0.133. The monoisotopic (exact) mass is 305 g/mol. The van der Waals surface area contributed by atoms with Crippen molar-refractivity contribution >= 4 is 11.3 Å². The van der Waals surface area contributed by atoms with E-state index in [-0.39, 0.29) is 6.04 Å². The van der Waals surface area contributed by atoms with E-state index < -0.39 is 0 Å². The molecule has 1 N–H and O–H groups in total. The van der Waals surface area contributed by atoms with Gasteiger partial charge >= 0.3 is 0 Å². The van der Waals surface area contributed by atoms with Gasteiger partial charge in [-0.1, -0.05) is 6.92 Å². The predicted molar refractivity (Wildman–Crippen MR) is 88.7 cm³/mol. The molecule has 1 heterocycles. The molecule has 4 heteroatoms. The predicted octanol–water partition coefficient (Wildman–Crippen LogP) is 4.16. The molecule has 0 aliphatic heterocycles. The number of hydrogen-bond acceptors (Lipinski definition) is 4. The van der Waals surface area contributed by atoms with Gasteiger partial charge < -0.3 is 14.8 Å². The first kappa shape index (κ1) is 15.9. The van der Waals surface area contributed by atoms with Crippen LogP contribution in [0.3, 0.4) is 0 Å². The van der Waals surface area contributed by atoms with Crippen molar-refractivity contribution in [3.8, 4) is 11.5 Å². The lowest BCUT2D eigenvalue weighted by Crippen LogP contribution is -2.23. The minimum atomic E-state index is 0.133. The zero-order valence-corrected chi connectivity index (χ0v) is 13.9. The van der Waals surface area contributed by atoms with Gasteiger partial charge in [-0.3, -0.25) is 0 Å². The second kappa shape index (κ2) is 7.48. The van der Waals surface area contributed by atoms with E-state index in [0.29, 0.717) is 0 Å². The second-order valence-electron chi connectivity index (χ2n) is 4.94. The third-order valence-corrected chi connectivity index (χ3v) is 4.46. The third-order valence-electron chi connectivity index (χ3n) is 3.39. The summed E-state index contributed by atoms with van der Waals surface area (Å²) in [6.45, 7) is 5.27. The van der Waals surface area contributed by atoms with E-state index in [2.05, 4.69) is 37.4 Å². The average Bonchev–Trinajstić information content (AvgIpc) is 2.93. The average molecular weight is 305 g/mol. The highest BCUT2D eigenvalue weighted by atomic mass is 32.1. The molecule has 0 saturated heterocycles. The van der Waals surface area contributed by atoms with Crippen molar-refractivity contribution in [2.75, 3.05) is 20.8 Å². The Morgan fingerprint density at radius 2 is 1.95 bits per heavy atom. The summed E-state index contributed by atoms with van der Waals surface area (Å²) < 4.78 is 10.9. The van der Waals surface area contributed by atoms with E-state index in [9.17, 15) is 0 Å². The number of nitrogens with one attached hydrogen (secondary N) is 1. The van der Waals surface area contributed by atoms with Crippen LogP contribution in [0.4, 0.5) is 0 Å². The number of benzene rings is 1. The van der Waals surface area contributed by atoms with E-state index in [0.717, 1.165) is 30.0 Å². The van der Waals surface area contributed by atoms with E-state index >= 15 is 0 Å². The molecule has 21 heavy (non-hydrogen) atoms. The highest BCUT2D eigenvalue weighted by Gasteiger charge is 2.20. The Labute approximate surface area is 130 Å². The third kappa shape index (κ3) is 3.77. The summed E-state index contributed by atoms with van der Waals surface area (Å²) in [5.41, 5.74) is 1.12. The van der Waals surface area contributed by atoms with Gasteiger partial charge in [0.05, 0.1) is 20.3 Å². The zero-order chi connectivity index (χ0) is 15.2. The van der Waals surface area contributed by atoms with Crippen molar-refractivity contribution in [3.05, 3.63) is 45.6 Å². The van der Waals surface area contributed by atoms with E-state index in [4.69, 9.17) is 9.47 Å². The highest BCUT2D eigenvalue weighted by Crippen LogP contribution is 2.35. The molecular formula is C17H23NO2S. The maximum Gasteiger partial charge on any atom is 0.124 e. The topological polar surface area (TPSA) is 30.5 Å². The van der Waals surface area contributed by atoms with Crippen LogP contribution < -0.4 is 14.8 Å². The standard InChI is InChI=1S/C17H23NO2S/c1-5-10-18-17(16-9-6-12(2)21-16)14-11-13(19-3)7-8-15(14)20-4/h6-9,11,17-18H,5,10H2,1-4H3. The molecule has 1 atom stereocenters. The fourth-order valence-corrected chi connectivity index (χ4v) is 3.30. The molecule has 114 valence electrons. The smallest absolute Gasteiger partial charge is 0.124 e. The molecule has 3 nitrogen and oxygen atoms in total. The van der Waals surface area contributed by atoms with Crippen molar-refractivity contribution in [2.24, 2.45) is 0 Å². The highest BCUT2D eigenvalue weighted by molar-refractivity contribution is 7.12. The molecule has 2 aromatic rings. The number of rotatable bonds is 7. The van der Waals surface area contributed by atoms with Gasteiger partial charge in [-0.05, 0) is 50.2 Å². The summed E-state index contributed by atoms with van der Waals surface area (Å²) >= 11 is 1.81. The van der Waals surface area contributed by atoms with Gasteiger partial charge in [-0.25, -0.2) is 0 Å². The summed E-state index contributed by atoms with van der Waals surface area (Å²) in [5, 5.41) is 3.62. The molecule has 1 unspecified atom stereocenters. The van der Waals surface area contributed by atoms with Crippen LogP contribution in [0.15, 0.2) is 30.3 Å². The molecule has 1 aromatic carbocycles. The molecule has 0 radical (unpaired) electrons. The quantitative estimate of drug-likeness (QED) is 0.833. The van der Waals surface area contributed by atoms with Gasteiger partial charge in [0, 0.05) is 15.3 Å². The van der Waals surface area contributed by atoms with Gasteiger partial charge in [-0.2, -0.15) is 0 Å². The van der Waals surface area contributed by atoms with Crippen LogP contribution in [0.25, 0.3) is 0 Å². The van der Waals surface area contributed by atoms with Crippen LogP contribution >= 0.6 is 11.3 Å². The van der Waals surface area contributed by atoms with Crippen LogP contribution in [-0.4, -0.2) is 20.8 Å². The lowest BCUT2D eigenvalue weighted by atomic mass is 10.0. The Morgan fingerprint density at radius 1 is 1.14 bits per heavy atom. The van der Waals surface area contributed by atoms with Crippen LogP contribution in [0.2, 0.25) is 0 Å². The van der Waals surface area contributed by atoms with Crippen molar-refractivity contribution in [1.29, 1.82) is 0 Å². The second-order valence-corrected chi connectivity index (χ2v) is 6.26. The van der Waals surface area contributed by atoms with Gasteiger partial charge in [-0.15, -0.1) is 11.3 Å². The summed E-state index contributed by atoms with van der Waals surface area (Å²) in [7, 11) is 3.40. The fourth-order valence-electron chi connectivity index (χ4n) is 2.33. The molecule has 0 amide bonds. The Balaban J connectivity index is 2.44. The van der Waals surface area contributed by atoms with E-state index in [1.54, 1.807) is 14.2 Å². The number of hydrogen-bond donors (Lipinski definition) is 1. The van der Waals surface area contributed by atoms with Gasteiger partial charge in [0.15, 0.2) is 0 Å². The summed E-state index contributed by atoms with van der Waals surface area (Å²) in [6, 6.07) is 10.4. The van der Waals surface area contributed by atoms with E-state index in [1.807, 2.05) is 23.5 Å². The molecule has 0 aliphatic rings. The van der Waals surface area contributed by atoms with Crippen LogP contribution in [-0.2, 0) is 0 Å². The molecule has 0 bridgehead atoms. The Bertz CT molecular complexity index is 580. The van der Waals surface area contributed by atoms with Crippen molar-refractivity contribution in [2.45, 2.75) is 26.3 Å². The Hall–Kier alpha value is -1.52. The normalized spacial score (nSPS) is 12.2. The number of thiophene rings is 1. The van der Waals surface area contributed by atoms with Crippen molar-refractivity contribution in [1.82, 2.24) is 5.32 Å². The SMILES string of the molecule is CCCNC(c1ccc(C)s1)c1cc(OC)ccc1OC. The maximum atomic E-state index is 5.54. The first-order chi connectivity index (χ1) is 10.2. The number of aryl methyl sites for hydroxylation is 1. The number of ether oxygens (including phenoxy) is 2. The van der Waals surface area contributed by atoms with Gasteiger partial charge in [0.1, 0.15) is 11.5 Å². The van der Waals surface area contributed by atoms with Crippen LogP contribution in [0.1, 0.15) is 34.7 Å². The molecule has 2 rings (SSSR count). The van der Waals surface area contributed by atoms with Gasteiger partial charge in [0.25, 0.3) is 0 Å². The molecule has 0 saturated carbocycles. The first-order valence-electron chi connectivity index (χ1n) is 7.21. The lowest BCUT2D eigenvalue weighted by Gasteiger charge is -2.21. The molecule has 0 spiro atoms. The first-order valence-corrected chi connectivity index (χ1v) is 8.02. The largest absolute Gasteiger partial charge is 0.497 e. The lowest BCUT2D eigenvalue weighted by molar-refractivity contribution is 0.394. The molecular weight excluding hydrogens is 282 g/mol. The molecule has 0 fully saturated rings. The van der Waals surface area contributed by atoms with Crippen LogP contribution in [0.5, 0.6) is 11.5 Å². The summed E-state index contributed by atoms with van der Waals surface area (Å²) in [4.78, 5) is 2.61. The van der Waals surface area contributed by atoms with Crippen molar-refractivity contribution in [3.63, 3.8) is 0 Å². The Morgan fingerprint density at radius 3 is 2.52 bits per heavy atom. The molecule has 1 aromatic heterocycles. The van der Waals surface area contributed by atoms with Crippen LogP contribution in [0, 0.1) is 6.92 Å². The van der Waals surface area contributed by atoms with Crippen molar-refractivity contribution < 1.29 is 9.47 Å². The van der Waals surface area contributed by atoms with Gasteiger partial charge in [0.2, 0.25) is 0 Å². The summed E-state index contributed by atoms with van der Waals surface area (Å²) in [6.07, 6.45) is 1.09. The number of methoxy groups -OCH3 is 2.